The van der Waals surface area contributed by atoms with Crippen molar-refractivity contribution in [2.45, 2.75) is 76.5 Å². The van der Waals surface area contributed by atoms with E-state index in [1.165, 1.54) is 58.1 Å². The van der Waals surface area contributed by atoms with Crippen molar-refractivity contribution in [3.63, 3.8) is 0 Å². The van der Waals surface area contributed by atoms with E-state index >= 15 is 0 Å². The molecular weight excluding hydrogens is 327 g/mol. The summed E-state index contributed by atoms with van der Waals surface area (Å²) in [5, 5.41) is 0. The molecule has 0 aliphatic carbocycles. The molecule has 0 amide bonds. The molecule has 0 aromatic carbocycles. The van der Waals surface area contributed by atoms with Gasteiger partial charge in [-0.2, -0.15) is 0 Å². The molecule has 1 unspecified atom stereocenters. The third kappa shape index (κ3) is 5.90. The molecule has 0 saturated carbocycles. The van der Waals surface area contributed by atoms with Gasteiger partial charge in [-0.15, -0.1) is 0 Å². The molecular formula is C16H32OSn. The fraction of sp³-hybridized carbons (Fsp3) is 0.812. The summed E-state index contributed by atoms with van der Waals surface area (Å²) in [6.45, 7) is 10.7. The number of allylic oxidation sites excluding steroid dienone is 1. The molecule has 0 spiro atoms. The summed E-state index contributed by atoms with van der Waals surface area (Å²) in [5.74, 6) is 0. The molecule has 0 heterocycles. The van der Waals surface area contributed by atoms with Crippen molar-refractivity contribution < 1.29 is 4.79 Å². The SMILES string of the molecule is C=C[CH](C=O)[Sn]([CH2]CCC)([CH2]CCC)[CH2]CCC. The summed E-state index contributed by atoms with van der Waals surface area (Å²) in [4.78, 5) is 11.5. The zero-order chi connectivity index (χ0) is 13.9. The fourth-order valence-electron chi connectivity index (χ4n) is 2.91. The van der Waals surface area contributed by atoms with E-state index in [-0.39, 0.29) is 3.93 Å². The van der Waals surface area contributed by atoms with E-state index in [0.29, 0.717) is 0 Å². The Morgan fingerprint density at radius 2 is 1.33 bits per heavy atom. The van der Waals surface area contributed by atoms with E-state index in [1.54, 1.807) is 0 Å². The molecule has 0 bridgehead atoms. The predicted molar refractivity (Wildman–Crippen MR) is 84.9 cm³/mol. The van der Waals surface area contributed by atoms with E-state index in [0.717, 1.165) is 0 Å². The first-order valence-corrected chi connectivity index (χ1v) is 15.5. The second kappa shape index (κ2) is 11.1. The predicted octanol–water partition coefficient (Wildman–Crippen LogP) is 5.59. The van der Waals surface area contributed by atoms with Crippen LogP contribution < -0.4 is 0 Å². The van der Waals surface area contributed by atoms with E-state index in [1.807, 2.05) is 6.08 Å². The standard InChI is InChI=1S/C4H5O.3C4H9.Sn/c1-2-3-4-5;3*1-3-4-2;/h2-4H,1H2;3*1,3-4H2,2H3;. The fourth-order valence-corrected chi connectivity index (χ4v) is 19.2. The van der Waals surface area contributed by atoms with Gasteiger partial charge in [0.1, 0.15) is 0 Å². The molecule has 106 valence electrons. The second-order valence-electron chi connectivity index (χ2n) is 5.57. The number of aldehydes is 1. The molecule has 18 heavy (non-hydrogen) atoms. The van der Waals surface area contributed by atoms with Crippen LogP contribution in [0.25, 0.3) is 0 Å². The van der Waals surface area contributed by atoms with Gasteiger partial charge in [-0.1, -0.05) is 0 Å². The number of hydrogen-bond donors (Lipinski definition) is 0. The number of rotatable bonds is 12. The third-order valence-electron chi connectivity index (χ3n) is 4.19. The van der Waals surface area contributed by atoms with Gasteiger partial charge in [0.05, 0.1) is 0 Å². The topological polar surface area (TPSA) is 17.1 Å². The first-order valence-electron chi connectivity index (χ1n) is 7.78. The Hall–Kier alpha value is 0.209. The van der Waals surface area contributed by atoms with E-state index in [4.69, 9.17) is 0 Å². The summed E-state index contributed by atoms with van der Waals surface area (Å²) >= 11 is -2.32. The van der Waals surface area contributed by atoms with E-state index in [2.05, 4.69) is 27.4 Å². The van der Waals surface area contributed by atoms with Crippen LogP contribution in [0.2, 0.25) is 17.2 Å². The first-order chi connectivity index (χ1) is 8.70. The van der Waals surface area contributed by atoms with Crippen LogP contribution in [0.4, 0.5) is 0 Å². The molecule has 0 aliphatic heterocycles. The molecule has 0 radical (unpaired) electrons. The van der Waals surface area contributed by atoms with Crippen molar-refractivity contribution in [1.29, 1.82) is 0 Å². The number of unbranched alkanes of at least 4 members (excludes halogenated alkanes) is 3. The van der Waals surface area contributed by atoms with Gasteiger partial charge < -0.3 is 0 Å². The van der Waals surface area contributed by atoms with Crippen molar-refractivity contribution in [2.24, 2.45) is 0 Å². The first kappa shape index (κ1) is 18.2. The van der Waals surface area contributed by atoms with Crippen molar-refractivity contribution in [3.8, 4) is 0 Å². The van der Waals surface area contributed by atoms with Crippen LogP contribution in [-0.4, -0.2) is 24.7 Å². The van der Waals surface area contributed by atoms with E-state index in [9.17, 15) is 4.79 Å². The maximum atomic E-state index is 11.5. The summed E-state index contributed by atoms with van der Waals surface area (Å²) in [7, 11) is 0. The minimum atomic E-state index is -2.32. The summed E-state index contributed by atoms with van der Waals surface area (Å²) in [6, 6.07) is 0. The molecule has 0 aromatic heterocycles. The van der Waals surface area contributed by atoms with E-state index < -0.39 is 18.4 Å². The zero-order valence-electron chi connectivity index (χ0n) is 12.7. The van der Waals surface area contributed by atoms with Crippen molar-refractivity contribution in [3.05, 3.63) is 12.7 Å². The van der Waals surface area contributed by atoms with Crippen LogP contribution in [0.3, 0.4) is 0 Å². The monoisotopic (exact) mass is 360 g/mol. The molecule has 0 rings (SSSR count). The molecule has 0 N–H and O–H groups in total. The van der Waals surface area contributed by atoms with Crippen molar-refractivity contribution >= 4 is 24.7 Å². The summed E-state index contributed by atoms with van der Waals surface area (Å²) in [6.07, 6.45) is 11.0. The van der Waals surface area contributed by atoms with Crippen LogP contribution in [0.15, 0.2) is 12.7 Å². The molecule has 0 fully saturated rings. The Balaban J connectivity index is 4.94. The van der Waals surface area contributed by atoms with Crippen molar-refractivity contribution in [2.75, 3.05) is 0 Å². The molecule has 0 aromatic rings. The second-order valence-corrected chi connectivity index (χ2v) is 19.5. The number of carbonyl (C=O) groups is 1. The Morgan fingerprint density at radius 1 is 0.944 bits per heavy atom. The Morgan fingerprint density at radius 3 is 1.56 bits per heavy atom. The van der Waals surface area contributed by atoms with Gasteiger partial charge in [0.2, 0.25) is 0 Å². The molecule has 0 aliphatic rings. The van der Waals surface area contributed by atoms with Gasteiger partial charge in [0.15, 0.2) is 0 Å². The molecule has 2 heteroatoms. The van der Waals surface area contributed by atoms with Gasteiger partial charge in [-0.3, -0.25) is 0 Å². The Kier molecular flexibility index (Phi) is 11.2. The van der Waals surface area contributed by atoms with Crippen LogP contribution in [0.1, 0.15) is 59.3 Å². The van der Waals surface area contributed by atoms with Crippen LogP contribution in [0.5, 0.6) is 0 Å². The average Bonchev–Trinajstić information content (AvgIpc) is 2.41. The van der Waals surface area contributed by atoms with Gasteiger partial charge in [0, 0.05) is 0 Å². The van der Waals surface area contributed by atoms with Gasteiger partial charge in [0.25, 0.3) is 0 Å². The zero-order valence-corrected chi connectivity index (χ0v) is 15.6. The third-order valence-corrected chi connectivity index (χ3v) is 20.8. The summed E-state index contributed by atoms with van der Waals surface area (Å²) < 4.78 is 4.42. The minimum absolute atomic E-state index is 0.254. The van der Waals surface area contributed by atoms with Crippen LogP contribution >= 0.6 is 0 Å². The van der Waals surface area contributed by atoms with Crippen molar-refractivity contribution in [1.82, 2.24) is 0 Å². The normalized spacial score (nSPS) is 13.3. The van der Waals surface area contributed by atoms with Crippen LogP contribution in [0, 0.1) is 0 Å². The Labute approximate surface area is 118 Å². The number of carbonyl (C=O) groups excluding carboxylic acids is 1. The maximum absolute atomic E-state index is 11.5. The Bertz CT molecular complexity index is 195. The molecule has 1 nitrogen and oxygen atoms in total. The van der Waals surface area contributed by atoms with Crippen LogP contribution in [-0.2, 0) is 4.79 Å². The molecule has 1 atom stereocenters. The van der Waals surface area contributed by atoms with Gasteiger partial charge >= 0.3 is 119 Å². The van der Waals surface area contributed by atoms with Gasteiger partial charge in [-0.25, -0.2) is 0 Å². The summed E-state index contributed by atoms with van der Waals surface area (Å²) in [5.41, 5.74) is 0. The molecule has 0 saturated heterocycles. The quantitative estimate of drug-likeness (QED) is 0.252. The van der Waals surface area contributed by atoms with Gasteiger partial charge in [-0.05, 0) is 0 Å². The average molecular weight is 359 g/mol. The number of hydrogen-bond acceptors (Lipinski definition) is 1.